The number of piperazine rings is 1. The quantitative estimate of drug-likeness (QED) is 0.682. The van der Waals surface area contributed by atoms with E-state index < -0.39 is 0 Å². The lowest BCUT2D eigenvalue weighted by Gasteiger charge is -2.36. The summed E-state index contributed by atoms with van der Waals surface area (Å²) in [6, 6.07) is 11.2. The Kier molecular flexibility index (Phi) is 4.84. The average molecular weight is 314 g/mol. The van der Waals surface area contributed by atoms with E-state index in [1.165, 1.54) is 12.0 Å². The maximum atomic E-state index is 11.5. The summed E-state index contributed by atoms with van der Waals surface area (Å²) < 4.78 is 0. The zero-order valence-electron chi connectivity index (χ0n) is 14.0. The van der Waals surface area contributed by atoms with Crippen LogP contribution in [0.2, 0.25) is 0 Å². The number of carbonyl (C=O) groups is 1. The SMILES string of the molecule is CCN=C(NC1CC1c1ccccc1)N1CCN(C(C)=O)CC1. The van der Waals surface area contributed by atoms with E-state index in [2.05, 4.69) is 52.5 Å². The van der Waals surface area contributed by atoms with Gasteiger partial charge in [0.2, 0.25) is 5.91 Å². The highest BCUT2D eigenvalue weighted by Gasteiger charge is 2.39. The van der Waals surface area contributed by atoms with Crippen LogP contribution in [0.3, 0.4) is 0 Å². The molecule has 5 nitrogen and oxygen atoms in total. The molecule has 23 heavy (non-hydrogen) atoms. The molecule has 2 fully saturated rings. The minimum absolute atomic E-state index is 0.165. The van der Waals surface area contributed by atoms with Crippen molar-refractivity contribution in [2.45, 2.75) is 32.2 Å². The predicted molar refractivity (Wildman–Crippen MR) is 92.5 cm³/mol. The molecule has 2 aliphatic rings. The number of amides is 1. The van der Waals surface area contributed by atoms with Gasteiger partial charge in [0.05, 0.1) is 0 Å². The smallest absolute Gasteiger partial charge is 0.219 e. The van der Waals surface area contributed by atoms with Gasteiger partial charge in [-0.25, -0.2) is 0 Å². The van der Waals surface area contributed by atoms with Crippen LogP contribution in [0.4, 0.5) is 0 Å². The van der Waals surface area contributed by atoms with Gasteiger partial charge in [-0.3, -0.25) is 9.79 Å². The zero-order valence-corrected chi connectivity index (χ0v) is 14.0. The van der Waals surface area contributed by atoms with Crippen LogP contribution in [-0.4, -0.2) is 60.4 Å². The number of nitrogens with zero attached hydrogens (tertiary/aromatic N) is 3. The van der Waals surface area contributed by atoms with Gasteiger partial charge in [0.1, 0.15) is 0 Å². The highest BCUT2D eigenvalue weighted by atomic mass is 16.2. The number of benzene rings is 1. The first kappa shape index (κ1) is 15.8. The Morgan fingerprint density at radius 3 is 2.43 bits per heavy atom. The summed E-state index contributed by atoms with van der Waals surface area (Å²) in [5.74, 6) is 1.76. The molecule has 1 saturated heterocycles. The molecule has 1 aromatic carbocycles. The predicted octanol–water partition coefficient (Wildman–Crippen LogP) is 1.67. The van der Waals surface area contributed by atoms with E-state index in [0.29, 0.717) is 12.0 Å². The normalized spacial score (nSPS) is 24.5. The van der Waals surface area contributed by atoms with Gasteiger partial charge >= 0.3 is 0 Å². The van der Waals surface area contributed by atoms with Crippen molar-refractivity contribution < 1.29 is 4.79 Å². The monoisotopic (exact) mass is 314 g/mol. The number of guanidine groups is 1. The lowest BCUT2D eigenvalue weighted by atomic mass is 10.1. The third-order valence-corrected chi connectivity index (χ3v) is 4.67. The van der Waals surface area contributed by atoms with Crippen LogP contribution in [0, 0.1) is 0 Å². The second kappa shape index (κ2) is 7.02. The number of hydrogen-bond donors (Lipinski definition) is 1. The summed E-state index contributed by atoms with van der Waals surface area (Å²) in [7, 11) is 0. The second-order valence-corrected chi connectivity index (χ2v) is 6.29. The molecule has 0 bridgehead atoms. The van der Waals surface area contributed by atoms with Crippen molar-refractivity contribution >= 4 is 11.9 Å². The topological polar surface area (TPSA) is 47.9 Å². The molecule has 1 aromatic rings. The Bertz CT molecular complexity index is 564. The van der Waals surface area contributed by atoms with Crippen LogP contribution in [0.1, 0.15) is 31.7 Å². The fraction of sp³-hybridized carbons (Fsp3) is 0.556. The molecule has 2 unspecified atom stereocenters. The first-order chi connectivity index (χ1) is 11.2. The Morgan fingerprint density at radius 1 is 1.17 bits per heavy atom. The van der Waals surface area contributed by atoms with E-state index in [-0.39, 0.29) is 5.91 Å². The number of rotatable bonds is 3. The summed E-state index contributed by atoms with van der Waals surface area (Å²) in [5, 5.41) is 3.63. The van der Waals surface area contributed by atoms with Crippen LogP contribution in [-0.2, 0) is 4.79 Å². The van der Waals surface area contributed by atoms with Crippen molar-refractivity contribution in [2.24, 2.45) is 4.99 Å². The van der Waals surface area contributed by atoms with Gasteiger partial charge in [-0.15, -0.1) is 0 Å². The molecule has 1 N–H and O–H groups in total. The maximum Gasteiger partial charge on any atom is 0.219 e. The van der Waals surface area contributed by atoms with Gasteiger partial charge in [0.25, 0.3) is 0 Å². The zero-order chi connectivity index (χ0) is 16.2. The molecule has 2 atom stereocenters. The Balaban J connectivity index is 1.57. The van der Waals surface area contributed by atoms with Crippen LogP contribution in [0.25, 0.3) is 0 Å². The molecule has 1 aliphatic carbocycles. The van der Waals surface area contributed by atoms with E-state index in [0.717, 1.165) is 38.7 Å². The number of hydrogen-bond acceptors (Lipinski definition) is 2. The number of aliphatic imine (C=N–C) groups is 1. The minimum Gasteiger partial charge on any atom is -0.353 e. The molecule has 5 heteroatoms. The second-order valence-electron chi connectivity index (χ2n) is 6.29. The molecule has 124 valence electrons. The summed E-state index contributed by atoms with van der Waals surface area (Å²) in [5.41, 5.74) is 1.40. The number of carbonyl (C=O) groups excluding carboxylic acids is 1. The molecule has 1 saturated carbocycles. The van der Waals surface area contributed by atoms with Crippen LogP contribution < -0.4 is 5.32 Å². The summed E-state index contributed by atoms with van der Waals surface area (Å²) >= 11 is 0. The molecular weight excluding hydrogens is 288 g/mol. The van der Waals surface area contributed by atoms with Gasteiger partial charge in [-0.05, 0) is 18.9 Å². The van der Waals surface area contributed by atoms with E-state index in [1.807, 2.05) is 4.90 Å². The highest BCUT2D eigenvalue weighted by Crippen LogP contribution is 2.40. The molecule has 1 aliphatic heterocycles. The van der Waals surface area contributed by atoms with E-state index >= 15 is 0 Å². The molecule has 3 rings (SSSR count). The van der Waals surface area contributed by atoms with Gasteiger partial charge in [-0.2, -0.15) is 0 Å². The third kappa shape index (κ3) is 3.84. The summed E-state index contributed by atoms with van der Waals surface area (Å²) in [6.07, 6.45) is 1.17. The van der Waals surface area contributed by atoms with Crippen molar-refractivity contribution in [2.75, 3.05) is 32.7 Å². The van der Waals surface area contributed by atoms with Crippen LogP contribution in [0.15, 0.2) is 35.3 Å². The standard InChI is InChI=1S/C18H26N4O/c1-3-19-18(22-11-9-21(10-12-22)14(2)23)20-17-13-16(17)15-7-5-4-6-8-15/h4-8,16-17H,3,9-13H2,1-2H3,(H,19,20). The first-order valence-electron chi connectivity index (χ1n) is 8.55. The fourth-order valence-electron chi connectivity index (χ4n) is 3.21. The lowest BCUT2D eigenvalue weighted by Crippen LogP contribution is -2.53. The summed E-state index contributed by atoms with van der Waals surface area (Å²) in [4.78, 5) is 20.3. The van der Waals surface area contributed by atoms with Crippen molar-refractivity contribution in [1.82, 2.24) is 15.1 Å². The number of nitrogens with one attached hydrogen (secondary N) is 1. The molecule has 0 radical (unpaired) electrons. The highest BCUT2D eigenvalue weighted by molar-refractivity contribution is 5.81. The summed E-state index contributed by atoms with van der Waals surface area (Å²) in [6.45, 7) is 7.76. The van der Waals surface area contributed by atoms with E-state index in [9.17, 15) is 4.79 Å². The van der Waals surface area contributed by atoms with Crippen LogP contribution in [0.5, 0.6) is 0 Å². The van der Waals surface area contributed by atoms with Gasteiger partial charge < -0.3 is 15.1 Å². The third-order valence-electron chi connectivity index (χ3n) is 4.67. The van der Waals surface area contributed by atoms with Crippen molar-refractivity contribution in [1.29, 1.82) is 0 Å². The Hall–Kier alpha value is -2.04. The van der Waals surface area contributed by atoms with E-state index in [1.54, 1.807) is 6.92 Å². The first-order valence-corrected chi connectivity index (χ1v) is 8.55. The average Bonchev–Trinajstić information content (AvgIpc) is 3.35. The molecule has 0 spiro atoms. The molecular formula is C18H26N4O. The van der Waals surface area contributed by atoms with E-state index in [4.69, 9.17) is 0 Å². The van der Waals surface area contributed by atoms with Crippen molar-refractivity contribution in [3.8, 4) is 0 Å². The van der Waals surface area contributed by atoms with Crippen LogP contribution >= 0.6 is 0 Å². The van der Waals surface area contributed by atoms with Gasteiger partial charge in [0.15, 0.2) is 5.96 Å². The van der Waals surface area contributed by atoms with Gasteiger partial charge in [0, 0.05) is 51.6 Å². The van der Waals surface area contributed by atoms with Gasteiger partial charge in [-0.1, -0.05) is 30.3 Å². The molecule has 1 amide bonds. The molecule has 1 heterocycles. The minimum atomic E-state index is 0.165. The molecule has 0 aromatic heterocycles. The van der Waals surface area contributed by atoms with Crippen molar-refractivity contribution in [3.63, 3.8) is 0 Å². The fourth-order valence-corrected chi connectivity index (χ4v) is 3.21. The lowest BCUT2D eigenvalue weighted by molar-refractivity contribution is -0.130. The Labute approximate surface area is 138 Å². The van der Waals surface area contributed by atoms with Crippen molar-refractivity contribution in [3.05, 3.63) is 35.9 Å². The Morgan fingerprint density at radius 2 is 1.83 bits per heavy atom. The largest absolute Gasteiger partial charge is 0.353 e. The maximum absolute atomic E-state index is 11.5.